The van der Waals surface area contributed by atoms with Crippen LogP contribution in [0.25, 0.3) is 10.9 Å². The van der Waals surface area contributed by atoms with Gasteiger partial charge in [-0.3, -0.25) is 9.59 Å². The van der Waals surface area contributed by atoms with Crippen LogP contribution in [0.15, 0.2) is 81.1 Å². The van der Waals surface area contributed by atoms with Gasteiger partial charge in [0.2, 0.25) is 0 Å². The summed E-state index contributed by atoms with van der Waals surface area (Å²) >= 11 is 5.58. The molecule has 0 unspecified atom stereocenters. The van der Waals surface area contributed by atoms with Crippen LogP contribution in [-0.4, -0.2) is 28.4 Å². The van der Waals surface area contributed by atoms with E-state index < -0.39 is 0 Å². The molecule has 1 amide bonds. The Morgan fingerprint density at radius 3 is 2.69 bits per heavy atom. The van der Waals surface area contributed by atoms with Crippen molar-refractivity contribution in [2.24, 2.45) is 5.10 Å². The van der Waals surface area contributed by atoms with Crippen molar-refractivity contribution in [2.45, 2.75) is 26.2 Å². The third kappa shape index (κ3) is 6.19. The minimum Gasteiger partial charge on any atom is -0.483 e. The molecule has 0 spiro atoms. The van der Waals surface area contributed by atoms with Crippen molar-refractivity contribution in [3.8, 4) is 5.75 Å². The number of fused-ring (bicyclic) bond motifs is 1. The van der Waals surface area contributed by atoms with Gasteiger partial charge in [0.15, 0.2) is 6.61 Å². The predicted octanol–water partition coefficient (Wildman–Crippen LogP) is 6.18. The van der Waals surface area contributed by atoms with Gasteiger partial charge < -0.3 is 10.1 Å². The first-order valence-electron chi connectivity index (χ1n) is 11.4. The molecule has 7 nitrogen and oxygen atoms in total. The smallest absolute Gasteiger partial charge is 0.282 e. The summed E-state index contributed by atoms with van der Waals surface area (Å²) in [7, 11) is 0. The molecule has 0 aliphatic heterocycles. The maximum atomic E-state index is 13.3. The predicted molar refractivity (Wildman–Crippen MR) is 155 cm³/mol. The first kappa shape index (κ1) is 26.0. The number of anilines is 1. The average molecular weight is 659 g/mol. The zero-order valence-corrected chi connectivity index (χ0v) is 23.5. The molecule has 1 heterocycles. The fraction of sp³-hybridized carbons (Fsp3) is 0.185. The molecule has 4 aromatic rings. The molecule has 4 rings (SSSR count). The number of nitrogens with one attached hydrogen (secondary N) is 1. The second kappa shape index (κ2) is 11.8. The zero-order valence-electron chi connectivity index (χ0n) is 19.7. The van der Waals surface area contributed by atoms with E-state index in [1.165, 1.54) is 4.68 Å². The number of ether oxygens (including phenoxy) is 1. The molecule has 0 saturated heterocycles. The summed E-state index contributed by atoms with van der Waals surface area (Å²) in [5.74, 6) is 1.02. The molecular weight excluding hydrogens is 635 g/mol. The number of nitrogens with zero attached hydrogens (tertiary/aromatic N) is 3. The van der Waals surface area contributed by atoms with Crippen molar-refractivity contribution in [1.82, 2.24) is 9.66 Å². The maximum Gasteiger partial charge on any atom is 0.282 e. The molecule has 0 aliphatic rings. The summed E-state index contributed by atoms with van der Waals surface area (Å²) < 4.78 is 8.71. The molecule has 9 heteroatoms. The molecule has 1 aromatic heterocycles. The molecule has 1 atom stereocenters. The topological polar surface area (TPSA) is 85.6 Å². The van der Waals surface area contributed by atoms with Gasteiger partial charge in [-0.05, 0) is 83.1 Å². The maximum absolute atomic E-state index is 13.3. The van der Waals surface area contributed by atoms with Crippen LogP contribution in [0, 0.1) is 3.57 Å². The largest absolute Gasteiger partial charge is 0.483 e. The normalized spacial score (nSPS) is 12.1. The van der Waals surface area contributed by atoms with Gasteiger partial charge in [-0.15, -0.1) is 0 Å². The molecule has 0 saturated carbocycles. The lowest BCUT2D eigenvalue weighted by molar-refractivity contribution is -0.118. The van der Waals surface area contributed by atoms with Crippen LogP contribution >= 0.6 is 38.5 Å². The molecule has 0 radical (unpaired) electrons. The lowest BCUT2D eigenvalue weighted by atomic mass is 10.1. The first-order valence-corrected chi connectivity index (χ1v) is 13.3. The van der Waals surface area contributed by atoms with E-state index in [1.807, 2.05) is 61.5 Å². The minimum atomic E-state index is -0.241. The Kier molecular flexibility index (Phi) is 8.52. The van der Waals surface area contributed by atoms with Crippen LogP contribution in [0.4, 0.5) is 5.69 Å². The van der Waals surface area contributed by atoms with Crippen LogP contribution in [0.2, 0.25) is 0 Å². The molecule has 0 bridgehead atoms. The highest BCUT2D eigenvalue weighted by molar-refractivity contribution is 14.1. The summed E-state index contributed by atoms with van der Waals surface area (Å²) in [6.07, 6.45) is 2.46. The van der Waals surface area contributed by atoms with Crippen molar-refractivity contribution in [2.75, 3.05) is 11.9 Å². The lowest BCUT2D eigenvalue weighted by Gasteiger charge is -2.14. The average Bonchev–Trinajstić information content (AvgIpc) is 2.88. The Morgan fingerprint density at radius 2 is 1.97 bits per heavy atom. The van der Waals surface area contributed by atoms with Crippen LogP contribution in [0.1, 0.15) is 37.6 Å². The van der Waals surface area contributed by atoms with E-state index in [9.17, 15) is 9.59 Å². The lowest BCUT2D eigenvalue weighted by Crippen LogP contribution is -2.23. The van der Waals surface area contributed by atoms with E-state index in [4.69, 9.17) is 9.72 Å². The number of halogens is 2. The number of para-hydroxylation sites is 1. The van der Waals surface area contributed by atoms with E-state index in [0.29, 0.717) is 22.5 Å². The second-order valence-electron chi connectivity index (χ2n) is 8.20. The molecule has 0 fully saturated rings. The number of aromatic nitrogens is 2. The second-order valence-corrected chi connectivity index (χ2v) is 10.3. The zero-order chi connectivity index (χ0) is 25.7. The Balaban J connectivity index is 1.54. The standard InChI is InChI=1S/C27H24BrIN4O3/c1-3-17(2)26-32-23-11-10-19(28)14-21(23)27(35)33(26)30-15-18-9-12-24(22(29)13-18)36-16-25(34)31-20-7-5-4-6-8-20/h4-15,17H,3,16H2,1-2H3,(H,31,34)/t17-/m1/s1. The number of hydrogen-bond donors (Lipinski definition) is 1. The van der Waals surface area contributed by atoms with Gasteiger partial charge >= 0.3 is 0 Å². The third-order valence-corrected chi connectivity index (χ3v) is 6.92. The molecule has 0 aliphatic carbocycles. The summed E-state index contributed by atoms with van der Waals surface area (Å²) in [6, 6.07) is 20.2. The SMILES string of the molecule is CC[C@@H](C)c1nc2ccc(Br)cc2c(=O)n1N=Cc1ccc(OCC(=O)Nc2ccccc2)c(I)c1. The summed E-state index contributed by atoms with van der Waals surface area (Å²) in [5.41, 5.74) is 1.94. The van der Waals surface area contributed by atoms with Crippen molar-refractivity contribution < 1.29 is 9.53 Å². The fourth-order valence-corrected chi connectivity index (χ4v) is 4.54. The van der Waals surface area contributed by atoms with Gasteiger partial charge in [0.25, 0.3) is 11.5 Å². The van der Waals surface area contributed by atoms with E-state index in [0.717, 1.165) is 25.7 Å². The van der Waals surface area contributed by atoms with Crippen molar-refractivity contribution in [3.63, 3.8) is 0 Å². The quantitative estimate of drug-likeness (QED) is 0.181. The van der Waals surface area contributed by atoms with Crippen LogP contribution in [0.5, 0.6) is 5.75 Å². The highest BCUT2D eigenvalue weighted by atomic mass is 127. The van der Waals surface area contributed by atoms with E-state index in [2.05, 4.69) is 55.9 Å². The number of benzene rings is 3. The van der Waals surface area contributed by atoms with E-state index >= 15 is 0 Å². The first-order chi connectivity index (χ1) is 17.4. The number of carbonyl (C=O) groups excluding carboxylic acids is 1. The van der Waals surface area contributed by atoms with Crippen molar-refractivity contribution >= 4 is 67.2 Å². The Bertz CT molecular complexity index is 1490. The molecule has 1 N–H and O–H groups in total. The number of amides is 1. The Morgan fingerprint density at radius 1 is 1.19 bits per heavy atom. The highest BCUT2D eigenvalue weighted by Gasteiger charge is 2.15. The van der Waals surface area contributed by atoms with Crippen molar-refractivity contribution in [1.29, 1.82) is 0 Å². The molecule has 184 valence electrons. The Labute approximate surface area is 230 Å². The fourth-order valence-electron chi connectivity index (χ4n) is 3.48. The van der Waals surface area contributed by atoms with Crippen molar-refractivity contribution in [3.05, 3.63) is 96.5 Å². The molecule has 3 aromatic carbocycles. The van der Waals surface area contributed by atoms with E-state index in [1.54, 1.807) is 18.3 Å². The number of carbonyl (C=O) groups is 1. The van der Waals surface area contributed by atoms with Crippen LogP contribution < -0.4 is 15.6 Å². The van der Waals surface area contributed by atoms with Gasteiger partial charge in [-0.1, -0.05) is 48.0 Å². The summed E-state index contributed by atoms with van der Waals surface area (Å²) in [5, 5.41) is 7.80. The van der Waals surface area contributed by atoms with Gasteiger partial charge in [-0.2, -0.15) is 9.78 Å². The summed E-state index contributed by atoms with van der Waals surface area (Å²) in [6.45, 7) is 3.98. The van der Waals surface area contributed by atoms with Gasteiger partial charge in [0.1, 0.15) is 11.6 Å². The molecular formula is C27H24BrIN4O3. The number of rotatable bonds is 8. The summed E-state index contributed by atoms with van der Waals surface area (Å²) in [4.78, 5) is 30.2. The third-order valence-electron chi connectivity index (χ3n) is 5.58. The van der Waals surface area contributed by atoms with Gasteiger partial charge in [0, 0.05) is 16.1 Å². The molecule has 36 heavy (non-hydrogen) atoms. The van der Waals surface area contributed by atoms with Gasteiger partial charge in [-0.25, -0.2) is 4.98 Å². The van der Waals surface area contributed by atoms with Crippen LogP contribution in [0.3, 0.4) is 0 Å². The van der Waals surface area contributed by atoms with Gasteiger partial charge in [0.05, 0.1) is 20.7 Å². The van der Waals surface area contributed by atoms with Crippen LogP contribution in [-0.2, 0) is 4.79 Å². The Hall–Kier alpha value is -3.05. The number of hydrogen-bond acceptors (Lipinski definition) is 5. The monoisotopic (exact) mass is 658 g/mol. The van der Waals surface area contributed by atoms with E-state index in [-0.39, 0.29) is 24.0 Å². The highest BCUT2D eigenvalue weighted by Crippen LogP contribution is 2.23. The minimum absolute atomic E-state index is 0.0563.